The van der Waals surface area contributed by atoms with E-state index in [1.165, 1.54) is 28.0 Å². The van der Waals surface area contributed by atoms with Crippen molar-refractivity contribution in [3.8, 4) is 11.3 Å². The molecule has 0 saturated carbocycles. The minimum atomic E-state index is -0.0771. The highest BCUT2D eigenvalue weighted by Crippen LogP contribution is 2.32. The lowest BCUT2D eigenvalue weighted by atomic mass is 10.2. The maximum atomic E-state index is 11.7. The first-order valence-electron chi connectivity index (χ1n) is 5.41. The summed E-state index contributed by atoms with van der Waals surface area (Å²) in [6.45, 7) is 0. The third-order valence-electron chi connectivity index (χ3n) is 2.61. The van der Waals surface area contributed by atoms with Crippen molar-refractivity contribution < 1.29 is 4.79 Å². The van der Waals surface area contributed by atoms with Crippen LogP contribution in [0.4, 0.5) is 5.13 Å². The molecule has 0 bridgehead atoms. The number of anilines is 1. The topological polar surface area (TPSA) is 57.1 Å². The average molecular weight is 354 g/mol. The number of amides is 1. The Kier molecular flexibility index (Phi) is 3.42. The van der Waals surface area contributed by atoms with Gasteiger partial charge in [-0.2, -0.15) is 0 Å². The Morgan fingerprint density at radius 1 is 1.32 bits per heavy atom. The van der Waals surface area contributed by atoms with E-state index in [2.05, 4.69) is 20.9 Å². The number of halogens is 1. The normalized spacial score (nSPS) is 15.3. The first-order valence-corrected chi connectivity index (χ1v) is 8.07. The molecule has 19 heavy (non-hydrogen) atoms. The second-order valence-electron chi connectivity index (χ2n) is 3.85. The maximum absolute atomic E-state index is 11.7. The van der Waals surface area contributed by atoms with E-state index < -0.39 is 0 Å². The van der Waals surface area contributed by atoms with Crippen LogP contribution < -0.4 is 4.90 Å². The van der Waals surface area contributed by atoms with Gasteiger partial charge in [0.2, 0.25) is 5.91 Å². The summed E-state index contributed by atoms with van der Waals surface area (Å²) in [4.78, 5) is 17.5. The zero-order chi connectivity index (χ0) is 13.4. The van der Waals surface area contributed by atoms with E-state index in [0.29, 0.717) is 10.9 Å². The molecule has 0 spiro atoms. The third kappa shape index (κ3) is 2.45. The Balaban J connectivity index is 1.93. The van der Waals surface area contributed by atoms with Gasteiger partial charge in [-0.15, -0.1) is 11.3 Å². The van der Waals surface area contributed by atoms with Gasteiger partial charge in [-0.25, -0.2) is 9.88 Å². The lowest BCUT2D eigenvalue weighted by Gasteiger charge is -2.09. The van der Waals surface area contributed by atoms with Crippen LogP contribution in [0.15, 0.2) is 34.1 Å². The fraction of sp³-hybridized carbons (Fsp3) is 0.0833. The van der Waals surface area contributed by atoms with Gasteiger partial charge in [-0.3, -0.25) is 10.2 Å². The van der Waals surface area contributed by atoms with Gasteiger partial charge in [-0.1, -0.05) is 39.8 Å². The van der Waals surface area contributed by atoms with Gasteiger partial charge in [0.1, 0.15) is 0 Å². The molecule has 1 aromatic heterocycles. The van der Waals surface area contributed by atoms with Crippen molar-refractivity contribution in [2.45, 2.75) is 0 Å². The molecular formula is C12H8BrN3OS2. The Labute approximate surface area is 126 Å². The maximum Gasteiger partial charge on any atom is 0.245 e. The predicted octanol–water partition coefficient (Wildman–Crippen LogP) is 3.59. The van der Waals surface area contributed by atoms with Crippen LogP contribution in [0.1, 0.15) is 0 Å². The fourth-order valence-corrected chi connectivity index (χ4v) is 3.57. The second kappa shape index (κ2) is 5.07. The molecule has 1 saturated heterocycles. The molecule has 96 valence electrons. The SMILES string of the molecule is N=C1SCC(=O)N1c1nc(-c2ccc(Br)cc2)cs1. The van der Waals surface area contributed by atoms with Gasteiger partial charge >= 0.3 is 0 Å². The molecule has 3 rings (SSSR count). The number of benzene rings is 1. The van der Waals surface area contributed by atoms with Crippen molar-refractivity contribution in [3.05, 3.63) is 34.1 Å². The number of rotatable bonds is 2. The highest BCUT2D eigenvalue weighted by atomic mass is 79.9. The van der Waals surface area contributed by atoms with E-state index in [1.807, 2.05) is 29.6 Å². The van der Waals surface area contributed by atoms with Gasteiger partial charge in [0, 0.05) is 15.4 Å². The molecule has 0 radical (unpaired) electrons. The first-order chi connectivity index (χ1) is 9.15. The smallest absolute Gasteiger partial charge is 0.245 e. The van der Waals surface area contributed by atoms with Gasteiger partial charge < -0.3 is 0 Å². The number of nitrogens with zero attached hydrogens (tertiary/aromatic N) is 2. The van der Waals surface area contributed by atoms with E-state index in [4.69, 9.17) is 5.41 Å². The minimum Gasteiger partial charge on any atom is -0.278 e. The van der Waals surface area contributed by atoms with E-state index in [1.54, 1.807) is 0 Å². The van der Waals surface area contributed by atoms with Crippen molar-refractivity contribution in [2.24, 2.45) is 0 Å². The fourth-order valence-electron chi connectivity index (χ4n) is 1.69. The van der Waals surface area contributed by atoms with Gasteiger partial charge in [0.05, 0.1) is 11.4 Å². The first kappa shape index (κ1) is 12.8. The molecule has 7 heteroatoms. The van der Waals surface area contributed by atoms with Crippen molar-refractivity contribution in [2.75, 3.05) is 10.7 Å². The Hall–Kier alpha value is -1.18. The second-order valence-corrected chi connectivity index (χ2v) is 6.56. The van der Waals surface area contributed by atoms with E-state index in [0.717, 1.165) is 15.7 Å². The summed E-state index contributed by atoms with van der Waals surface area (Å²) in [5.41, 5.74) is 1.82. The minimum absolute atomic E-state index is 0.0771. The Bertz CT molecular complexity index is 637. The molecule has 0 unspecified atom stereocenters. The van der Waals surface area contributed by atoms with E-state index in [-0.39, 0.29) is 11.1 Å². The van der Waals surface area contributed by atoms with Gasteiger partial charge in [0.25, 0.3) is 0 Å². The molecule has 4 nitrogen and oxygen atoms in total. The summed E-state index contributed by atoms with van der Waals surface area (Å²) in [5, 5.41) is 10.5. The van der Waals surface area contributed by atoms with Crippen LogP contribution >= 0.6 is 39.0 Å². The summed E-state index contributed by atoms with van der Waals surface area (Å²) in [6, 6.07) is 7.84. The van der Waals surface area contributed by atoms with Gasteiger partial charge in [-0.05, 0) is 12.1 Å². The van der Waals surface area contributed by atoms with E-state index >= 15 is 0 Å². The molecule has 2 heterocycles. The highest BCUT2D eigenvalue weighted by Gasteiger charge is 2.30. The summed E-state index contributed by atoms with van der Waals surface area (Å²) >= 11 is 6.01. The van der Waals surface area contributed by atoms with Crippen molar-refractivity contribution in [1.29, 1.82) is 5.41 Å². The average Bonchev–Trinajstić information content (AvgIpc) is 2.98. The highest BCUT2D eigenvalue weighted by molar-refractivity contribution is 9.10. The van der Waals surface area contributed by atoms with Crippen LogP contribution in [0.3, 0.4) is 0 Å². The van der Waals surface area contributed by atoms with Crippen molar-refractivity contribution >= 4 is 55.2 Å². The Morgan fingerprint density at radius 3 is 2.68 bits per heavy atom. The number of aromatic nitrogens is 1. The molecule has 1 aromatic carbocycles. The molecule has 1 amide bonds. The molecule has 0 atom stereocenters. The lowest BCUT2D eigenvalue weighted by molar-refractivity contribution is -0.115. The summed E-state index contributed by atoms with van der Waals surface area (Å²) in [6.07, 6.45) is 0. The number of amidine groups is 1. The molecule has 0 aliphatic carbocycles. The standard InChI is InChI=1S/C12H8BrN3OS2/c13-8-3-1-7(2-4-8)9-5-19-12(15-9)16-10(17)6-18-11(16)14/h1-5,14H,6H2. The van der Waals surface area contributed by atoms with Crippen LogP contribution in [-0.2, 0) is 4.79 Å². The number of hydrogen-bond acceptors (Lipinski definition) is 5. The monoisotopic (exact) mass is 353 g/mol. The predicted molar refractivity (Wildman–Crippen MR) is 82.9 cm³/mol. The summed E-state index contributed by atoms with van der Waals surface area (Å²) in [7, 11) is 0. The van der Waals surface area contributed by atoms with Crippen molar-refractivity contribution in [1.82, 2.24) is 4.98 Å². The lowest BCUT2D eigenvalue weighted by Crippen LogP contribution is -2.28. The molecule has 1 aliphatic rings. The number of hydrogen-bond donors (Lipinski definition) is 1. The van der Waals surface area contributed by atoms with E-state index in [9.17, 15) is 4.79 Å². The van der Waals surface area contributed by atoms with Crippen molar-refractivity contribution in [3.63, 3.8) is 0 Å². The number of carbonyl (C=O) groups excluding carboxylic acids is 1. The van der Waals surface area contributed by atoms with Crippen LogP contribution in [0.5, 0.6) is 0 Å². The van der Waals surface area contributed by atoms with Crippen LogP contribution in [0.25, 0.3) is 11.3 Å². The summed E-state index contributed by atoms with van der Waals surface area (Å²) in [5.74, 6) is 0.248. The zero-order valence-corrected chi connectivity index (χ0v) is 12.8. The zero-order valence-electron chi connectivity index (χ0n) is 9.59. The van der Waals surface area contributed by atoms with Crippen LogP contribution in [0.2, 0.25) is 0 Å². The molecule has 2 aromatic rings. The number of thiazole rings is 1. The van der Waals surface area contributed by atoms with Gasteiger partial charge in [0.15, 0.2) is 10.3 Å². The Morgan fingerprint density at radius 2 is 2.05 bits per heavy atom. The molecule has 1 aliphatic heterocycles. The quantitative estimate of drug-likeness (QED) is 0.897. The number of carbonyl (C=O) groups is 1. The number of thioether (sulfide) groups is 1. The molecule has 1 N–H and O–H groups in total. The van der Waals surface area contributed by atoms with Crippen LogP contribution in [0, 0.1) is 5.41 Å². The molecular weight excluding hydrogens is 346 g/mol. The number of nitrogens with one attached hydrogen (secondary N) is 1. The largest absolute Gasteiger partial charge is 0.278 e. The molecule has 1 fully saturated rings. The van der Waals surface area contributed by atoms with Crippen LogP contribution in [-0.4, -0.2) is 21.8 Å². The summed E-state index contributed by atoms with van der Waals surface area (Å²) < 4.78 is 1.01. The third-order valence-corrected chi connectivity index (χ3v) is 4.81.